The van der Waals surface area contributed by atoms with Crippen molar-refractivity contribution in [2.24, 2.45) is 0 Å². The van der Waals surface area contributed by atoms with Crippen molar-refractivity contribution in [3.8, 4) is 0 Å². The highest BCUT2D eigenvalue weighted by molar-refractivity contribution is 9.10. The summed E-state index contributed by atoms with van der Waals surface area (Å²) in [4.78, 5) is 0. The highest BCUT2D eigenvalue weighted by Gasteiger charge is 2.09. The normalized spacial score (nSPS) is 12.1. The van der Waals surface area contributed by atoms with E-state index >= 15 is 0 Å². The second kappa shape index (κ2) is 5.13. The molecule has 0 saturated carbocycles. The third kappa shape index (κ3) is 2.42. The molecule has 1 atom stereocenters. The molecule has 80 valence electrons. The lowest BCUT2D eigenvalue weighted by Crippen LogP contribution is -1.96. The number of rotatable bonds is 3. The highest BCUT2D eigenvalue weighted by atomic mass is 79.9. The fourth-order valence-electron chi connectivity index (χ4n) is 1.83. The first-order valence-electron chi connectivity index (χ1n) is 5.24. The molecule has 2 aromatic rings. The van der Waals surface area contributed by atoms with E-state index in [-0.39, 0.29) is 5.92 Å². The smallest absolute Gasteiger partial charge is 0.0267 e. The van der Waals surface area contributed by atoms with Crippen molar-refractivity contribution in [1.82, 2.24) is 0 Å². The van der Waals surface area contributed by atoms with Gasteiger partial charge < -0.3 is 0 Å². The van der Waals surface area contributed by atoms with Gasteiger partial charge in [-0.15, -0.1) is 6.58 Å². The molecule has 0 amide bonds. The van der Waals surface area contributed by atoms with E-state index < -0.39 is 0 Å². The maximum absolute atomic E-state index is 3.93. The van der Waals surface area contributed by atoms with Gasteiger partial charge in [-0.2, -0.15) is 0 Å². The second-order valence-corrected chi connectivity index (χ2v) is 4.59. The van der Waals surface area contributed by atoms with Crippen LogP contribution < -0.4 is 0 Å². The molecule has 0 aliphatic heterocycles. The molecule has 2 rings (SSSR count). The fourth-order valence-corrected chi connectivity index (χ4v) is 2.24. The third-order valence-corrected chi connectivity index (χ3v) is 3.10. The molecule has 16 heavy (non-hydrogen) atoms. The summed E-state index contributed by atoms with van der Waals surface area (Å²) in [6.45, 7) is 3.93. The first-order chi connectivity index (χ1) is 7.81. The Morgan fingerprint density at radius 3 is 2.25 bits per heavy atom. The summed E-state index contributed by atoms with van der Waals surface area (Å²) in [5.41, 5.74) is 2.53. The van der Waals surface area contributed by atoms with Crippen LogP contribution in [0.1, 0.15) is 17.0 Å². The number of halogens is 1. The van der Waals surface area contributed by atoms with Crippen molar-refractivity contribution in [2.75, 3.05) is 0 Å². The Balaban J connectivity index is 2.41. The zero-order valence-electron chi connectivity index (χ0n) is 8.94. The lowest BCUT2D eigenvalue weighted by molar-refractivity contribution is 1.03. The average Bonchev–Trinajstić information content (AvgIpc) is 2.31. The molecule has 1 heteroatoms. The molecule has 0 aromatic heterocycles. The molecule has 0 aliphatic rings. The van der Waals surface area contributed by atoms with Gasteiger partial charge in [0.2, 0.25) is 0 Å². The Kier molecular flexibility index (Phi) is 3.58. The zero-order chi connectivity index (χ0) is 11.4. The van der Waals surface area contributed by atoms with Gasteiger partial charge in [0, 0.05) is 10.4 Å². The summed E-state index contributed by atoms with van der Waals surface area (Å²) >= 11 is 3.50. The molecule has 0 spiro atoms. The van der Waals surface area contributed by atoms with Gasteiger partial charge in [0.1, 0.15) is 0 Å². The van der Waals surface area contributed by atoms with Crippen LogP contribution in [-0.4, -0.2) is 0 Å². The number of hydrogen-bond acceptors (Lipinski definition) is 0. The molecule has 0 fully saturated rings. The van der Waals surface area contributed by atoms with E-state index in [0.29, 0.717) is 0 Å². The second-order valence-electron chi connectivity index (χ2n) is 3.68. The number of benzene rings is 2. The minimum atomic E-state index is 0.263. The van der Waals surface area contributed by atoms with Gasteiger partial charge in [-0.1, -0.05) is 64.5 Å². The number of hydrogen-bond donors (Lipinski definition) is 0. The van der Waals surface area contributed by atoms with Crippen LogP contribution in [0.2, 0.25) is 0 Å². The Morgan fingerprint density at radius 2 is 1.62 bits per heavy atom. The lowest BCUT2D eigenvalue weighted by Gasteiger charge is -2.13. The summed E-state index contributed by atoms with van der Waals surface area (Å²) in [6.07, 6.45) is 1.98. The zero-order valence-corrected chi connectivity index (χ0v) is 10.5. The van der Waals surface area contributed by atoms with Gasteiger partial charge in [-0.3, -0.25) is 0 Å². The van der Waals surface area contributed by atoms with Crippen LogP contribution in [0.3, 0.4) is 0 Å². The minimum absolute atomic E-state index is 0.263. The lowest BCUT2D eigenvalue weighted by atomic mass is 9.92. The maximum atomic E-state index is 3.93. The Morgan fingerprint density at radius 1 is 0.938 bits per heavy atom. The van der Waals surface area contributed by atoms with E-state index in [1.165, 1.54) is 11.1 Å². The topological polar surface area (TPSA) is 0 Å². The van der Waals surface area contributed by atoms with Crippen molar-refractivity contribution in [1.29, 1.82) is 0 Å². The minimum Gasteiger partial charge on any atom is -0.102 e. The molecule has 0 unspecified atom stereocenters. The van der Waals surface area contributed by atoms with E-state index in [1.54, 1.807) is 0 Å². The molecule has 0 bridgehead atoms. The Bertz CT molecular complexity index is 474. The first kappa shape index (κ1) is 11.2. The van der Waals surface area contributed by atoms with E-state index in [1.807, 2.05) is 18.2 Å². The summed E-state index contributed by atoms with van der Waals surface area (Å²) in [7, 11) is 0. The summed E-state index contributed by atoms with van der Waals surface area (Å²) in [6, 6.07) is 18.8. The van der Waals surface area contributed by atoms with Crippen LogP contribution in [0, 0.1) is 0 Å². The molecule has 0 saturated heterocycles. The Hall–Kier alpha value is -1.34. The predicted octanol–water partition coefficient (Wildman–Crippen LogP) is 4.77. The van der Waals surface area contributed by atoms with Crippen LogP contribution in [0.15, 0.2) is 71.7 Å². The van der Waals surface area contributed by atoms with Gasteiger partial charge >= 0.3 is 0 Å². The van der Waals surface area contributed by atoms with Crippen LogP contribution in [0.4, 0.5) is 0 Å². The van der Waals surface area contributed by atoms with Crippen molar-refractivity contribution in [3.05, 3.63) is 82.9 Å². The standard InChI is InChI=1S/C15H13Br/c1-2-15(12-7-4-3-5-8-12)13-9-6-10-14(16)11-13/h2-11,15H,1H2/t15-/m0/s1. The fraction of sp³-hybridized carbons (Fsp3) is 0.0667. The summed E-state index contributed by atoms with van der Waals surface area (Å²) < 4.78 is 1.10. The van der Waals surface area contributed by atoms with Crippen LogP contribution in [0.25, 0.3) is 0 Å². The van der Waals surface area contributed by atoms with E-state index in [4.69, 9.17) is 0 Å². The molecular weight excluding hydrogens is 260 g/mol. The Labute approximate surface area is 105 Å². The van der Waals surface area contributed by atoms with E-state index in [0.717, 1.165) is 4.47 Å². The molecule has 0 N–H and O–H groups in total. The SMILES string of the molecule is C=C[C@@H](c1ccccc1)c1cccc(Br)c1. The molecule has 0 heterocycles. The van der Waals surface area contributed by atoms with Gasteiger partial charge in [0.05, 0.1) is 0 Å². The number of allylic oxidation sites excluding steroid dienone is 1. The van der Waals surface area contributed by atoms with Crippen molar-refractivity contribution in [2.45, 2.75) is 5.92 Å². The first-order valence-corrected chi connectivity index (χ1v) is 6.03. The maximum Gasteiger partial charge on any atom is 0.0267 e. The van der Waals surface area contributed by atoms with Crippen molar-refractivity contribution < 1.29 is 0 Å². The average molecular weight is 273 g/mol. The molecular formula is C15H13Br. The van der Waals surface area contributed by atoms with Gasteiger partial charge in [-0.05, 0) is 23.3 Å². The van der Waals surface area contributed by atoms with Gasteiger partial charge in [0.15, 0.2) is 0 Å². The van der Waals surface area contributed by atoms with Gasteiger partial charge in [0.25, 0.3) is 0 Å². The molecule has 0 radical (unpaired) electrons. The summed E-state index contributed by atoms with van der Waals surface area (Å²) in [5, 5.41) is 0. The van der Waals surface area contributed by atoms with E-state index in [2.05, 4.69) is 65.0 Å². The quantitative estimate of drug-likeness (QED) is 0.707. The largest absolute Gasteiger partial charge is 0.102 e. The van der Waals surface area contributed by atoms with Gasteiger partial charge in [-0.25, -0.2) is 0 Å². The third-order valence-electron chi connectivity index (χ3n) is 2.60. The predicted molar refractivity (Wildman–Crippen MR) is 72.6 cm³/mol. The van der Waals surface area contributed by atoms with E-state index in [9.17, 15) is 0 Å². The van der Waals surface area contributed by atoms with Crippen LogP contribution >= 0.6 is 15.9 Å². The highest BCUT2D eigenvalue weighted by Crippen LogP contribution is 2.27. The van der Waals surface area contributed by atoms with Crippen LogP contribution in [-0.2, 0) is 0 Å². The molecule has 0 nitrogen and oxygen atoms in total. The van der Waals surface area contributed by atoms with Crippen LogP contribution in [0.5, 0.6) is 0 Å². The van der Waals surface area contributed by atoms with Crippen molar-refractivity contribution >= 4 is 15.9 Å². The van der Waals surface area contributed by atoms with Crippen molar-refractivity contribution in [3.63, 3.8) is 0 Å². The molecule has 2 aromatic carbocycles. The molecule has 0 aliphatic carbocycles. The monoisotopic (exact) mass is 272 g/mol. The summed E-state index contributed by atoms with van der Waals surface area (Å²) in [5.74, 6) is 0.263.